The monoisotopic (exact) mass is 459 g/mol. The lowest BCUT2D eigenvalue weighted by Gasteiger charge is -2.11. The lowest BCUT2D eigenvalue weighted by Crippen LogP contribution is -2.19. The molecule has 2 aromatic heterocycles. The number of ketones is 1. The van der Waals surface area contributed by atoms with Crippen molar-refractivity contribution >= 4 is 23.4 Å². The lowest BCUT2D eigenvalue weighted by molar-refractivity contribution is -0.144. The van der Waals surface area contributed by atoms with Crippen molar-refractivity contribution in [2.45, 2.75) is 26.6 Å². The van der Waals surface area contributed by atoms with Gasteiger partial charge in [0.25, 0.3) is 0 Å². The summed E-state index contributed by atoms with van der Waals surface area (Å²) in [5.41, 5.74) is -3.32. The van der Waals surface area contributed by atoms with E-state index in [0.29, 0.717) is 4.68 Å². The molecule has 0 aliphatic rings. The van der Waals surface area contributed by atoms with Crippen LogP contribution in [0.15, 0.2) is 28.9 Å². The smallest absolute Gasteiger partial charge is 0.433 e. The van der Waals surface area contributed by atoms with Gasteiger partial charge < -0.3 is 9.26 Å². The van der Waals surface area contributed by atoms with Gasteiger partial charge in [0, 0.05) is 0 Å². The maximum Gasteiger partial charge on any atom is 0.433 e. The van der Waals surface area contributed by atoms with E-state index in [-0.39, 0.29) is 17.2 Å². The molecule has 31 heavy (non-hydrogen) atoms. The van der Waals surface area contributed by atoms with Crippen molar-refractivity contribution in [1.29, 1.82) is 0 Å². The van der Waals surface area contributed by atoms with Gasteiger partial charge in [0.15, 0.2) is 17.2 Å². The van der Waals surface area contributed by atoms with E-state index in [1.807, 2.05) is 0 Å². The van der Waals surface area contributed by atoms with E-state index < -0.39 is 58.6 Å². The van der Waals surface area contributed by atoms with Crippen LogP contribution in [0.4, 0.5) is 17.6 Å². The summed E-state index contributed by atoms with van der Waals surface area (Å²) in [6.45, 7) is 1.79. The molecule has 3 rings (SSSR count). The lowest BCUT2D eigenvalue weighted by atomic mass is 10.0. The standard InChI is InChI=1S/C19H14ClF4N3O4/c1-3-30-18(29)14-15(13-11(20)5-4-6-12(13)21)26-31-16(14)10-7-25-27(8-9(2)28)17(10)19(22,23)24/h4-7H,3,8H2,1-2H3. The molecule has 0 fully saturated rings. The summed E-state index contributed by atoms with van der Waals surface area (Å²) >= 11 is 6.03. The minimum absolute atomic E-state index is 0.121. The van der Waals surface area contributed by atoms with Crippen LogP contribution < -0.4 is 0 Å². The van der Waals surface area contributed by atoms with Crippen LogP contribution in [0.25, 0.3) is 22.6 Å². The van der Waals surface area contributed by atoms with E-state index in [1.54, 1.807) is 0 Å². The fourth-order valence-electron chi connectivity index (χ4n) is 2.94. The minimum atomic E-state index is -4.96. The number of carbonyl (C=O) groups excluding carboxylic acids is 2. The van der Waals surface area contributed by atoms with Crippen molar-refractivity contribution in [2.75, 3.05) is 6.61 Å². The van der Waals surface area contributed by atoms with Crippen molar-refractivity contribution in [3.05, 3.63) is 46.5 Å². The van der Waals surface area contributed by atoms with E-state index in [1.165, 1.54) is 19.1 Å². The SMILES string of the molecule is CCOC(=O)c1c(-c2c(F)cccc2Cl)noc1-c1cnn(CC(C)=O)c1C(F)(F)F. The number of nitrogens with zero attached hydrogens (tertiary/aromatic N) is 3. The van der Waals surface area contributed by atoms with Gasteiger partial charge in [0.1, 0.15) is 17.1 Å². The number of aromatic nitrogens is 3. The number of carbonyl (C=O) groups is 2. The zero-order chi connectivity index (χ0) is 22.9. The van der Waals surface area contributed by atoms with E-state index in [2.05, 4.69) is 10.3 Å². The van der Waals surface area contributed by atoms with Crippen molar-refractivity contribution < 1.29 is 36.4 Å². The summed E-state index contributed by atoms with van der Waals surface area (Å²) in [5, 5.41) is 7.06. The molecular formula is C19H14ClF4N3O4. The molecule has 7 nitrogen and oxygen atoms in total. The van der Waals surface area contributed by atoms with E-state index in [4.69, 9.17) is 20.9 Å². The molecular weight excluding hydrogens is 446 g/mol. The van der Waals surface area contributed by atoms with Crippen molar-refractivity contribution in [3.63, 3.8) is 0 Å². The quantitative estimate of drug-likeness (QED) is 0.389. The number of halogens is 5. The molecule has 3 aromatic rings. The third-order valence-electron chi connectivity index (χ3n) is 4.10. The molecule has 0 aliphatic heterocycles. The second kappa shape index (κ2) is 8.50. The van der Waals surface area contributed by atoms with Crippen molar-refractivity contribution in [3.8, 4) is 22.6 Å². The number of Topliss-reactive ketones (excluding diaryl/α,β-unsaturated/α-hetero) is 1. The number of hydrogen-bond acceptors (Lipinski definition) is 6. The van der Waals surface area contributed by atoms with Crippen molar-refractivity contribution in [2.24, 2.45) is 0 Å². The first-order valence-electron chi connectivity index (χ1n) is 8.80. The van der Waals surface area contributed by atoms with Gasteiger partial charge in [-0.1, -0.05) is 22.8 Å². The molecule has 0 bridgehead atoms. The molecule has 0 N–H and O–H groups in total. The summed E-state index contributed by atoms with van der Waals surface area (Å²) in [6, 6.07) is 3.66. The van der Waals surface area contributed by atoms with E-state index in [0.717, 1.165) is 19.2 Å². The Morgan fingerprint density at radius 1 is 1.29 bits per heavy atom. The molecule has 164 valence electrons. The summed E-state index contributed by atoms with van der Waals surface area (Å²) < 4.78 is 66.2. The first kappa shape index (κ1) is 22.5. The van der Waals surface area contributed by atoms with Gasteiger partial charge in [-0.15, -0.1) is 0 Å². The predicted molar refractivity (Wildman–Crippen MR) is 99.8 cm³/mol. The average Bonchev–Trinajstić information content (AvgIpc) is 3.25. The topological polar surface area (TPSA) is 87.2 Å². The molecule has 0 unspecified atom stereocenters. The molecule has 12 heteroatoms. The number of hydrogen-bond donors (Lipinski definition) is 0. The van der Waals surface area contributed by atoms with E-state index >= 15 is 0 Å². The Morgan fingerprint density at radius 3 is 2.58 bits per heavy atom. The molecule has 2 heterocycles. The highest BCUT2D eigenvalue weighted by atomic mass is 35.5. The second-order valence-corrected chi connectivity index (χ2v) is 6.72. The Balaban J connectivity index is 2.31. The summed E-state index contributed by atoms with van der Waals surface area (Å²) in [7, 11) is 0. The molecule has 0 amide bonds. The first-order valence-corrected chi connectivity index (χ1v) is 9.18. The molecule has 0 atom stereocenters. The van der Waals surface area contributed by atoms with Crippen LogP contribution in [0.1, 0.15) is 29.9 Å². The summed E-state index contributed by atoms with van der Waals surface area (Å²) in [6.07, 6.45) is -4.18. The Hall–Kier alpha value is -3.21. The van der Waals surface area contributed by atoms with Crippen LogP contribution in [0.3, 0.4) is 0 Å². The molecule has 0 spiro atoms. The van der Waals surface area contributed by atoms with Gasteiger partial charge in [-0.25, -0.2) is 9.18 Å². The maximum atomic E-state index is 14.4. The third kappa shape index (κ3) is 4.31. The summed E-state index contributed by atoms with van der Waals surface area (Å²) in [4.78, 5) is 24.0. The molecule has 0 saturated carbocycles. The van der Waals surface area contributed by atoms with Gasteiger partial charge in [-0.05, 0) is 26.0 Å². The predicted octanol–water partition coefficient (Wildman–Crippen LogP) is 4.78. The maximum absolute atomic E-state index is 14.4. The number of esters is 1. The average molecular weight is 460 g/mol. The van der Waals surface area contributed by atoms with Gasteiger partial charge in [-0.3, -0.25) is 9.48 Å². The fraction of sp³-hybridized carbons (Fsp3) is 0.263. The molecule has 0 saturated heterocycles. The largest absolute Gasteiger partial charge is 0.462 e. The molecule has 0 radical (unpaired) electrons. The first-order chi connectivity index (χ1) is 14.6. The molecule has 0 aliphatic carbocycles. The molecule has 1 aromatic carbocycles. The zero-order valence-electron chi connectivity index (χ0n) is 16.1. The van der Waals surface area contributed by atoms with Gasteiger partial charge >= 0.3 is 12.1 Å². The van der Waals surface area contributed by atoms with Gasteiger partial charge in [0.05, 0.1) is 35.5 Å². The second-order valence-electron chi connectivity index (χ2n) is 6.32. The highest BCUT2D eigenvalue weighted by molar-refractivity contribution is 6.33. The number of ether oxygens (including phenoxy) is 1. The number of alkyl halides is 3. The van der Waals surface area contributed by atoms with Crippen LogP contribution in [0, 0.1) is 5.82 Å². The Labute approximate surface area is 177 Å². The highest BCUT2D eigenvalue weighted by Crippen LogP contribution is 2.42. The van der Waals surface area contributed by atoms with Crippen LogP contribution in [-0.2, 0) is 22.3 Å². The Bertz CT molecular complexity index is 1130. The van der Waals surface area contributed by atoms with E-state index in [9.17, 15) is 27.2 Å². The highest BCUT2D eigenvalue weighted by Gasteiger charge is 2.42. The number of rotatable bonds is 6. The number of benzene rings is 1. The summed E-state index contributed by atoms with van der Waals surface area (Å²) in [5.74, 6) is -3.20. The van der Waals surface area contributed by atoms with Crippen LogP contribution in [-0.4, -0.2) is 33.3 Å². The Kier molecular flexibility index (Phi) is 6.16. The van der Waals surface area contributed by atoms with Crippen LogP contribution >= 0.6 is 11.6 Å². The normalized spacial score (nSPS) is 11.6. The fourth-order valence-corrected chi connectivity index (χ4v) is 3.20. The van der Waals surface area contributed by atoms with Crippen molar-refractivity contribution in [1.82, 2.24) is 14.9 Å². The zero-order valence-corrected chi connectivity index (χ0v) is 16.8. The van der Waals surface area contributed by atoms with Crippen LogP contribution in [0.5, 0.6) is 0 Å². The van der Waals surface area contributed by atoms with Gasteiger partial charge in [0.2, 0.25) is 0 Å². The van der Waals surface area contributed by atoms with Crippen LogP contribution in [0.2, 0.25) is 5.02 Å². The third-order valence-corrected chi connectivity index (χ3v) is 4.41. The van der Waals surface area contributed by atoms with Gasteiger partial charge in [-0.2, -0.15) is 18.3 Å². The Morgan fingerprint density at radius 2 is 2.00 bits per heavy atom. The minimum Gasteiger partial charge on any atom is -0.462 e.